The van der Waals surface area contributed by atoms with E-state index < -0.39 is 0 Å². The molecule has 0 spiro atoms. The third-order valence-corrected chi connectivity index (χ3v) is 6.14. The van der Waals surface area contributed by atoms with Crippen LogP contribution in [0.2, 0.25) is 0 Å². The third-order valence-electron chi connectivity index (χ3n) is 6.14. The zero-order valence-electron chi connectivity index (χ0n) is 17.6. The van der Waals surface area contributed by atoms with E-state index >= 15 is 0 Å². The average Bonchev–Trinajstić information content (AvgIpc) is 2.99. The molecule has 0 amide bonds. The minimum absolute atomic E-state index is 0.831. The molecule has 0 aromatic heterocycles. The van der Waals surface area contributed by atoms with Gasteiger partial charge < -0.3 is 5.32 Å². The Labute approximate surface area is 168 Å². The van der Waals surface area contributed by atoms with E-state index in [0.29, 0.717) is 0 Å². The van der Waals surface area contributed by atoms with Gasteiger partial charge in [0.15, 0.2) is 0 Å². The molecule has 4 rings (SSSR count). The Morgan fingerprint density at radius 3 is 2.25 bits per heavy atom. The molecule has 1 aliphatic carbocycles. The van der Waals surface area contributed by atoms with Crippen LogP contribution >= 0.6 is 0 Å². The van der Waals surface area contributed by atoms with Crippen molar-refractivity contribution in [2.45, 2.75) is 47.6 Å². The molecule has 142 valence electrons. The Kier molecular flexibility index (Phi) is 4.85. The van der Waals surface area contributed by atoms with Crippen molar-refractivity contribution in [2.24, 2.45) is 0 Å². The first-order valence-corrected chi connectivity index (χ1v) is 10.2. The maximum atomic E-state index is 3.77. The van der Waals surface area contributed by atoms with Crippen LogP contribution in [0.4, 0.5) is 5.69 Å². The second-order valence-corrected chi connectivity index (χ2v) is 8.13. The fraction of sp³-hybridized carbons (Fsp3) is 0.259. The molecule has 1 N–H and O–H groups in total. The topological polar surface area (TPSA) is 12.0 Å². The number of aryl methyl sites for hydroxylation is 3. The fourth-order valence-electron chi connectivity index (χ4n) is 4.56. The lowest BCUT2D eigenvalue weighted by atomic mass is 9.91. The van der Waals surface area contributed by atoms with E-state index in [1.165, 1.54) is 61.0 Å². The molecule has 0 heterocycles. The first kappa shape index (κ1) is 18.6. The number of rotatable bonds is 4. The lowest BCUT2D eigenvalue weighted by Crippen LogP contribution is -2.06. The van der Waals surface area contributed by atoms with Crippen LogP contribution in [-0.4, -0.2) is 0 Å². The maximum Gasteiger partial charge on any atom is 0.0413 e. The van der Waals surface area contributed by atoms with E-state index in [2.05, 4.69) is 94.5 Å². The molecule has 3 aromatic carbocycles. The molecule has 1 heteroatoms. The van der Waals surface area contributed by atoms with E-state index in [0.717, 1.165) is 13.0 Å². The van der Waals surface area contributed by atoms with E-state index in [1.807, 2.05) is 0 Å². The summed E-state index contributed by atoms with van der Waals surface area (Å²) < 4.78 is 0. The van der Waals surface area contributed by atoms with Crippen molar-refractivity contribution >= 4 is 22.0 Å². The Morgan fingerprint density at radius 2 is 1.57 bits per heavy atom. The summed E-state index contributed by atoms with van der Waals surface area (Å²) in [4.78, 5) is 0. The first-order valence-electron chi connectivity index (χ1n) is 10.2. The van der Waals surface area contributed by atoms with Crippen LogP contribution in [-0.2, 0) is 6.54 Å². The van der Waals surface area contributed by atoms with Crippen LogP contribution in [0.25, 0.3) is 16.3 Å². The summed E-state index contributed by atoms with van der Waals surface area (Å²) in [5, 5.41) is 6.42. The van der Waals surface area contributed by atoms with Gasteiger partial charge in [-0.15, -0.1) is 0 Å². The molecule has 3 aromatic rings. The second-order valence-electron chi connectivity index (χ2n) is 8.13. The van der Waals surface area contributed by atoms with Crippen molar-refractivity contribution in [3.05, 3.63) is 93.6 Å². The van der Waals surface area contributed by atoms with Crippen molar-refractivity contribution in [3.8, 4) is 0 Å². The van der Waals surface area contributed by atoms with Crippen molar-refractivity contribution in [1.29, 1.82) is 0 Å². The average molecular weight is 368 g/mol. The van der Waals surface area contributed by atoms with Gasteiger partial charge in [-0.1, -0.05) is 65.7 Å². The Morgan fingerprint density at radius 1 is 0.857 bits per heavy atom. The summed E-state index contributed by atoms with van der Waals surface area (Å²) >= 11 is 0. The van der Waals surface area contributed by atoms with Crippen molar-refractivity contribution in [2.75, 3.05) is 5.32 Å². The normalized spacial score (nSPS) is 14.0. The maximum absolute atomic E-state index is 3.77. The van der Waals surface area contributed by atoms with Gasteiger partial charge in [0.1, 0.15) is 0 Å². The van der Waals surface area contributed by atoms with Crippen LogP contribution in [0, 0.1) is 20.8 Å². The highest BCUT2D eigenvalue weighted by atomic mass is 14.9. The summed E-state index contributed by atoms with van der Waals surface area (Å²) in [5.41, 5.74) is 12.3. The first-order chi connectivity index (χ1) is 13.5. The van der Waals surface area contributed by atoms with Crippen LogP contribution in [0.1, 0.15) is 48.1 Å². The molecule has 0 saturated carbocycles. The predicted octanol–water partition coefficient (Wildman–Crippen LogP) is 7.50. The van der Waals surface area contributed by atoms with Gasteiger partial charge in [-0.2, -0.15) is 0 Å². The summed E-state index contributed by atoms with van der Waals surface area (Å²) in [6.45, 7) is 11.9. The lowest BCUT2D eigenvalue weighted by molar-refractivity contribution is 1.13. The number of anilines is 1. The molecular weight excluding hydrogens is 338 g/mol. The van der Waals surface area contributed by atoms with Gasteiger partial charge in [-0.05, 0) is 85.2 Å². The van der Waals surface area contributed by atoms with Gasteiger partial charge in [-0.25, -0.2) is 0 Å². The van der Waals surface area contributed by atoms with Crippen molar-refractivity contribution < 1.29 is 0 Å². The lowest BCUT2D eigenvalue weighted by Gasteiger charge is -2.19. The molecule has 0 saturated heterocycles. The molecule has 1 nitrogen and oxygen atoms in total. The zero-order chi connectivity index (χ0) is 19.8. The molecule has 28 heavy (non-hydrogen) atoms. The quantitative estimate of drug-likeness (QED) is 0.503. The molecule has 0 bridgehead atoms. The smallest absolute Gasteiger partial charge is 0.0413 e. The van der Waals surface area contributed by atoms with Crippen molar-refractivity contribution in [1.82, 2.24) is 0 Å². The minimum atomic E-state index is 0.831. The van der Waals surface area contributed by atoms with Gasteiger partial charge >= 0.3 is 0 Å². The molecule has 1 aliphatic rings. The number of benzene rings is 3. The van der Waals surface area contributed by atoms with Gasteiger partial charge in [0.05, 0.1) is 0 Å². The second kappa shape index (κ2) is 7.31. The standard InChI is InChI=1S/C27H29N/c1-17-14-19(3)27(20(4)15-17)28-16-26-24-9-7-6-8-22(24)11-13-25(26)23-12-10-18(2)21(23)5/h6-11,13-15,28H,12,16H2,1-5H3. The van der Waals surface area contributed by atoms with E-state index in [-0.39, 0.29) is 0 Å². The SMILES string of the molecule is CC1=CCC(c2ccc3ccccc3c2CNc2c(C)cc(C)cc2C)=C1C. The Bertz CT molecular complexity index is 1110. The highest BCUT2D eigenvalue weighted by molar-refractivity contribution is 5.92. The largest absolute Gasteiger partial charge is 0.380 e. The van der Waals surface area contributed by atoms with E-state index in [1.54, 1.807) is 0 Å². The monoisotopic (exact) mass is 367 g/mol. The molecular formula is C27H29N. The van der Waals surface area contributed by atoms with E-state index in [9.17, 15) is 0 Å². The summed E-state index contributed by atoms with van der Waals surface area (Å²) in [5.74, 6) is 0. The molecule has 0 atom stereocenters. The van der Waals surface area contributed by atoms with Gasteiger partial charge in [0, 0.05) is 12.2 Å². The highest BCUT2D eigenvalue weighted by Crippen LogP contribution is 2.37. The third kappa shape index (κ3) is 3.26. The van der Waals surface area contributed by atoms with Crippen molar-refractivity contribution in [3.63, 3.8) is 0 Å². The Balaban J connectivity index is 1.80. The summed E-state index contributed by atoms with van der Waals surface area (Å²) in [7, 11) is 0. The fourth-order valence-corrected chi connectivity index (χ4v) is 4.56. The van der Waals surface area contributed by atoms with Crippen LogP contribution < -0.4 is 5.32 Å². The number of allylic oxidation sites excluding steroid dienone is 4. The highest BCUT2D eigenvalue weighted by Gasteiger charge is 2.17. The number of hydrogen-bond donors (Lipinski definition) is 1. The molecule has 0 fully saturated rings. The van der Waals surface area contributed by atoms with Gasteiger partial charge in [0.25, 0.3) is 0 Å². The van der Waals surface area contributed by atoms with Gasteiger partial charge in [0.2, 0.25) is 0 Å². The van der Waals surface area contributed by atoms with Crippen LogP contribution in [0.3, 0.4) is 0 Å². The molecule has 0 unspecified atom stereocenters. The number of nitrogens with one attached hydrogen (secondary N) is 1. The molecule has 0 aliphatic heterocycles. The summed E-state index contributed by atoms with van der Waals surface area (Å²) in [6.07, 6.45) is 3.39. The van der Waals surface area contributed by atoms with Gasteiger partial charge in [-0.3, -0.25) is 0 Å². The zero-order valence-corrected chi connectivity index (χ0v) is 17.6. The molecule has 0 radical (unpaired) electrons. The Hall–Kier alpha value is -2.80. The van der Waals surface area contributed by atoms with Crippen LogP contribution in [0.5, 0.6) is 0 Å². The number of hydrogen-bond acceptors (Lipinski definition) is 1. The van der Waals surface area contributed by atoms with Crippen LogP contribution in [0.15, 0.2) is 65.8 Å². The predicted molar refractivity (Wildman–Crippen MR) is 123 cm³/mol. The number of fused-ring (bicyclic) bond motifs is 1. The minimum Gasteiger partial charge on any atom is -0.380 e. The summed E-state index contributed by atoms with van der Waals surface area (Å²) in [6, 6.07) is 17.9. The van der Waals surface area contributed by atoms with E-state index in [4.69, 9.17) is 0 Å².